The van der Waals surface area contributed by atoms with Gasteiger partial charge in [0.15, 0.2) is 0 Å². The van der Waals surface area contributed by atoms with Gasteiger partial charge < -0.3 is 4.57 Å². The number of aromatic nitrogens is 1. The smallest absolute Gasteiger partial charge is 0.343 e. The second-order valence-corrected chi connectivity index (χ2v) is 12.4. The first-order valence-electron chi connectivity index (χ1n) is 11.4. The van der Waals surface area contributed by atoms with Gasteiger partial charge in [0, 0.05) is 17.9 Å². The molecular formula is C22H27F6N3O4S2. The van der Waals surface area contributed by atoms with E-state index in [1.165, 1.54) is 11.6 Å². The maximum Gasteiger partial charge on any atom is 0.417 e. The Morgan fingerprint density at radius 3 is 2.11 bits per heavy atom. The molecule has 1 unspecified atom stereocenters. The zero-order valence-electron chi connectivity index (χ0n) is 19.9. The molecule has 0 aliphatic heterocycles. The van der Waals surface area contributed by atoms with Crippen molar-refractivity contribution in [2.24, 2.45) is 11.1 Å². The van der Waals surface area contributed by atoms with Gasteiger partial charge in [-0.2, -0.15) is 31.1 Å². The Morgan fingerprint density at radius 1 is 1.00 bits per heavy atom. The number of alkyl halides is 6. The molecule has 1 aliphatic rings. The van der Waals surface area contributed by atoms with Gasteiger partial charge in [0.1, 0.15) is 10.9 Å². The van der Waals surface area contributed by atoms with Crippen molar-refractivity contribution in [3.8, 4) is 11.3 Å². The van der Waals surface area contributed by atoms with E-state index in [1.54, 1.807) is 4.57 Å². The first-order chi connectivity index (χ1) is 16.8. The van der Waals surface area contributed by atoms with Crippen LogP contribution >= 0.6 is 0 Å². The molecule has 0 amide bonds. The van der Waals surface area contributed by atoms with Crippen molar-refractivity contribution in [3.63, 3.8) is 0 Å². The molecular weight excluding hydrogens is 548 g/mol. The van der Waals surface area contributed by atoms with Crippen molar-refractivity contribution in [3.05, 3.63) is 35.5 Å². The van der Waals surface area contributed by atoms with Crippen LogP contribution in [-0.4, -0.2) is 33.6 Å². The van der Waals surface area contributed by atoms with Gasteiger partial charge >= 0.3 is 12.4 Å². The lowest BCUT2D eigenvalue weighted by atomic mass is 9.89. The monoisotopic (exact) mass is 575 g/mol. The lowest BCUT2D eigenvalue weighted by Gasteiger charge is -2.24. The number of rotatable bonds is 7. The summed E-state index contributed by atoms with van der Waals surface area (Å²) in [5, 5.41) is 5.31. The van der Waals surface area contributed by atoms with Crippen LogP contribution in [0.3, 0.4) is 0 Å². The fraction of sp³-hybridized carbons (Fsp3) is 0.545. The van der Waals surface area contributed by atoms with Crippen LogP contribution < -0.4 is 9.86 Å². The van der Waals surface area contributed by atoms with Gasteiger partial charge in [-0.3, -0.25) is 0 Å². The minimum absolute atomic E-state index is 0.0677. The normalized spacial score (nSPS) is 17.2. The molecule has 1 heterocycles. The molecule has 1 atom stereocenters. The van der Waals surface area contributed by atoms with Gasteiger partial charge in [0.25, 0.3) is 0 Å². The SMILES string of the molecule is Cc1c(S(N)(=O)=O)cc(-c2ccc(S(=O)(=O)NC(C)C(F)(F)F)c(C(F)(F)F)c2)n1CC1CCCCC1. The van der Waals surface area contributed by atoms with Crippen LogP contribution in [0.15, 0.2) is 34.1 Å². The third-order valence-electron chi connectivity index (χ3n) is 6.49. The standard InChI is InChI=1S/C22H27F6N3O4S2/c1-13-20(36(29,32)33)11-18(31(13)12-15-6-4-3-5-7-15)16-8-9-19(17(10-16)22(26,27)28)37(34,35)30-14(2)21(23,24)25/h8-11,14-15,30H,3-7,12H2,1-2H3,(H2,29,32,33). The highest BCUT2D eigenvalue weighted by Crippen LogP contribution is 2.39. The Bertz CT molecular complexity index is 1360. The molecule has 37 heavy (non-hydrogen) atoms. The average Bonchev–Trinajstić information content (AvgIpc) is 3.09. The van der Waals surface area contributed by atoms with Gasteiger partial charge in [-0.1, -0.05) is 25.3 Å². The van der Waals surface area contributed by atoms with E-state index < -0.39 is 48.9 Å². The highest BCUT2D eigenvalue weighted by molar-refractivity contribution is 7.89. The predicted octanol–water partition coefficient (Wildman–Crippen LogP) is 4.94. The van der Waals surface area contributed by atoms with Gasteiger partial charge in [0.05, 0.1) is 10.5 Å². The summed E-state index contributed by atoms with van der Waals surface area (Å²) in [5.74, 6) is 0.140. The topological polar surface area (TPSA) is 111 Å². The van der Waals surface area contributed by atoms with Crippen molar-refractivity contribution in [1.82, 2.24) is 9.29 Å². The van der Waals surface area contributed by atoms with Crippen LogP contribution in [0.5, 0.6) is 0 Å². The zero-order chi connectivity index (χ0) is 28.0. The van der Waals surface area contributed by atoms with Gasteiger partial charge in [-0.15, -0.1) is 0 Å². The Morgan fingerprint density at radius 2 is 1.59 bits per heavy atom. The number of hydrogen-bond donors (Lipinski definition) is 2. The fourth-order valence-electron chi connectivity index (χ4n) is 4.52. The summed E-state index contributed by atoms with van der Waals surface area (Å²) in [6.45, 7) is 2.25. The first kappa shape index (κ1) is 29.5. The molecule has 3 rings (SSSR count). The maximum atomic E-state index is 14.0. The van der Waals surface area contributed by atoms with Crippen LogP contribution in [-0.2, 0) is 32.8 Å². The number of sulfonamides is 2. The highest BCUT2D eigenvalue weighted by atomic mass is 32.2. The summed E-state index contributed by atoms with van der Waals surface area (Å²) in [4.78, 5) is -1.67. The number of nitrogens with two attached hydrogens (primary N) is 1. The second kappa shape index (κ2) is 10.2. The lowest BCUT2D eigenvalue weighted by molar-refractivity contribution is -0.147. The maximum absolute atomic E-state index is 14.0. The van der Waals surface area contributed by atoms with E-state index in [4.69, 9.17) is 5.14 Å². The molecule has 7 nitrogen and oxygen atoms in total. The van der Waals surface area contributed by atoms with Crippen LogP contribution in [0.1, 0.15) is 50.3 Å². The van der Waals surface area contributed by atoms with Crippen molar-refractivity contribution in [2.45, 2.75) is 80.7 Å². The van der Waals surface area contributed by atoms with Crippen LogP contribution in [0, 0.1) is 12.8 Å². The molecule has 0 radical (unpaired) electrons. The van der Waals surface area contributed by atoms with E-state index in [0.29, 0.717) is 25.6 Å². The minimum Gasteiger partial charge on any atom is -0.343 e. The van der Waals surface area contributed by atoms with E-state index in [-0.39, 0.29) is 27.8 Å². The van der Waals surface area contributed by atoms with E-state index >= 15 is 0 Å². The summed E-state index contributed by atoms with van der Waals surface area (Å²) in [6, 6.07) is 0.549. The van der Waals surface area contributed by atoms with E-state index in [2.05, 4.69) is 0 Å². The molecule has 1 aliphatic carbocycles. The number of benzene rings is 1. The van der Waals surface area contributed by atoms with Crippen molar-refractivity contribution >= 4 is 20.0 Å². The minimum atomic E-state index is -5.25. The number of nitrogens with zero attached hydrogens (tertiary/aromatic N) is 1. The van der Waals surface area contributed by atoms with Crippen LogP contribution in [0.4, 0.5) is 26.3 Å². The molecule has 3 N–H and O–H groups in total. The number of hydrogen-bond acceptors (Lipinski definition) is 4. The van der Waals surface area contributed by atoms with E-state index in [0.717, 1.165) is 44.2 Å². The molecule has 1 saturated carbocycles. The van der Waals surface area contributed by atoms with E-state index in [9.17, 15) is 43.2 Å². The van der Waals surface area contributed by atoms with Gasteiger partial charge in [0.2, 0.25) is 20.0 Å². The average molecular weight is 576 g/mol. The fourth-order valence-corrected chi connectivity index (χ4v) is 6.75. The summed E-state index contributed by atoms with van der Waals surface area (Å²) < 4.78 is 133. The third kappa shape index (κ3) is 6.67. The van der Waals surface area contributed by atoms with Crippen LogP contribution in [0.25, 0.3) is 11.3 Å². The quantitative estimate of drug-likeness (QED) is 0.456. The van der Waals surface area contributed by atoms with E-state index in [1.807, 2.05) is 0 Å². The molecule has 0 saturated heterocycles. The predicted molar refractivity (Wildman–Crippen MR) is 123 cm³/mol. The molecule has 1 fully saturated rings. The third-order valence-corrected chi connectivity index (χ3v) is 9.11. The Balaban J connectivity index is 2.17. The number of nitrogens with one attached hydrogen (secondary N) is 1. The highest BCUT2D eigenvalue weighted by Gasteiger charge is 2.42. The van der Waals surface area contributed by atoms with Crippen molar-refractivity contribution in [1.29, 1.82) is 0 Å². The molecule has 1 aromatic heterocycles. The molecule has 208 valence electrons. The molecule has 15 heteroatoms. The number of halogens is 6. The molecule has 0 spiro atoms. The molecule has 0 bridgehead atoms. The van der Waals surface area contributed by atoms with Crippen molar-refractivity contribution in [2.75, 3.05) is 0 Å². The van der Waals surface area contributed by atoms with Gasteiger partial charge in [-0.25, -0.2) is 22.0 Å². The zero-order valence-corrected chi connectivity index (χ0v) is 21.6. The van der Waals surface area contributed by atoms with Gasteiger partial charge in [-0.05, 0) is 56.4 Å². The summed E-state index contributed by atoms with van der Waals surface area (Å²) in [7, 11) is -9.46. The molecule has 2 aromatic rings. The molecule has 1 aromatic carbocycles. The Labute approximate surface area is 211 Å². The van der Waals surface area contributed by atoms with Crippen LogP contribution in [0.2, 0.25) is 0 Å². The lowest BCUT2D eigenvalue weighted by Crippen LogP contribution is -2.43. The number of primary sulfonamides is 1. The summed E-state index contributed by atoms with van der Waals surface area (Å²) >= 11 is 0. The van der Waals surface area contributed by atoms with Crippen molar-refractivity contribution < 1.29 is 43.2 Å². The second-order valence-electron chi connectivity index (χ2n) is 9.23. The summed E-state index contributed by atoms with van der Waals surface area (Å²) in [6.07, 6.45) is -5.63. The Kier molecular flexibility index (Phi) is 8.14. The first-order valence-corrected chi connectivity index (χ1v) is 14.4. The largest absolute Gasteiger partial charge is 0.417 e. The summed E-state index contributed by atoms with van der Waals surface area (Å²) in [5.41, 5.74) is -1.57. The Hall–Kier alpha value is -2.10.